The predicted octanol–water partition coefficient (Wildman–Crippen LogP) is 8.25. The van der Waals surface area contributed by atoms with Crippen molar-refractivity contribution in [3.8, 4) is 17.0 Å². The number of alkyl halides is 3. The Bertz CT molecular complexity index is 1100. The number of rotatable bonds is 12. The summed E-state index contributed by atoms with van der Waals surface area (Å²) < 4.78 is 61.8. The number of pyridine rings is 1. The molecule has 2 aromatic heterocycles. The van der Waals surface area contributed by atoms with Gasteiger partial charge in [-0.15, -0.1) is 0 Å². The first-order valence-electron chi connectivity index (χ1n) is 11.5. The Balaban J connectivity index is 1.84. The molecular formula is C25H28F4N4OS. The van der Waals surface area contributed by atoms with Gasteiger partial charge in [0.05, 0.1) is 17.9 Å². The largest absolute Gasteiger partial charge is 0.493 e. The number of anilines is 2. The van der Waals surface area contributed by atoms with Crippen LogP contribution in [0.15, 0.2) is 47.8 Å². The van der Waals surface area contributed by atoms with Gasteiger partial charge in [-0.2, -0.15) is 22.7 Å². The van der Waals surface area contributed by atoms with Gasteiger partial charge in [0.2, 0.25) is 10.3 Å². The summed E-state index contributed by atoms with van der Waals surface area (Å²) >= 11 is 0.689. The van der Waals surface area contributed by atoms with Gasteiger partial charge in [0, 0.05) is 24.2 Å². The van der Waals surface area contributed by atoms with Crippen molar-refractivity contribution in [2.45, 2.75) is 58.5 Å². The van der Waals surface area contributed by atoms with Gasteiger partial charge in [0.15, 0.2) is 0 Å². The second kappa shape index (κ2) is 12.6. The molecule has 5 nitrogen and oxygen atoms in total. The molecule has 0 bridgehead atoms. The normalized spacial score (nSPS) is 11.8. The molecular weight excluding hydrogens is 480 g/mol. The van der Waals surface area contributed by atoms with E-state index >= 15 is 0 Å². The van der Waals surface area contributed by atoms with Crippen LogP contribution in [-0.4, -0.2) is 22.8 Å². The maximum absolute atomic E-state index is 14.7. The molecule has 0 radical (unpaired) electrons. The number of nitrogens with zero attached hydrogens (tertiary/aromatic N) is 4. The number of hydrogen-bond acceptors (Lipinski definition) is 6. The molecule has 0 aliphatic rings. The average Bonchev–Trinajstić information content (AvgIpc) is 3.23. The lowest BCUT2D eigenvalue weighted by molar-refractivity contribution is -0.138. The third-order valence-electron chi connectivity index (χ3n) is 5.19. The zero-order valence-electron chi connectivity index (χ0n) is 19.7. The predicted molar refractivity (Wildman–Crippen MR) is 132 cm³/mol. The number of benzene rings is 1. The summed E-state index contributed by atoms with van der Waals surface area (Å²) in [6, 6.07) is 6.99. The fourth-order valence-corrected chi connectivity index (χ4v) is 4.26. The molecule has 0 spiro atoms. The van der Waals surface area contributed by atoms with Crippen LogP contribution in [0.3, 0.4) is 0 Å². The van der Waals surface area contributed by atoms with Crippen LogP contribution in [0.4, 0.5) is 28.4 Å². The number of hydrogen-bond donors (Lipinski definition) is 0. The van der Waals surface area contributed by atoms with E-state index in [2.05, 4.69) is 22.0 Å². The molecule has 0 atom stereocenters. The topological polar surface area (TPSA) is 50.6 Å². The number of unbranched alkanes of at least 4 members (excludes halogenated alkanes) is 5. The monoisotopic (exact) mass is 508 g/mol. The molecule has 0 N–H and O–H groups in total. The molecule has 1 aromatic carbocycles. The zero-order valence-corrected chi connectivity index (χ0v) is 20.5. The van der Waals surface area contributed by atoms with Crippen molar-refractivity contribution in [3.05, 3.63) is 53.4 Å². The molecule has 3 aromatic rings. The molecule has 3 rings (SSSR count). The Morgan fingerprint density at radius 2 is 1.89 bits per heavy atom. The van der Waals surface area contributed by atoms with Gasteiger partial charge in [-0.25, -0.2) is 9.99 Å². The molecule has 2 heterocycles. The van der Waals surface area contributed by atoms with Crippen molar-refractivity contribution < 1.29 is 22.3 Å². The minimum absolute atomic E-state index is 0.0596. The van der Waals surface area contributed by atoms with E-state index in [1.807, 2.05) is 0 Å². The van der Waals surface area contributed by atoms with Crippen molar-refractivity contribution in [1.82, 2.24) is 9.97 Å². The van der Waals surface area contributed by atoms with E-state index in [9.17, 15) is 17.6 Å². The molecule has 35 heavy (non-hydrogen) atoms. The Kier molecular flexibility index (Phi) is 9.59. The SMILES string of the molecule is CC=NN(c1ccc(OCCCCCCCC)c(C(F)(F)F)c1)c1nc(-c2cccnc2)c(F)s1. The Morgan fingerprint density at radius 1 is 1.11 bits per heavy atom. The third-order valence-corrected chi connectivity index (χ3v) is 6.01. The molecule has 0 unspecified atom stereocenters. The lowest BCUT2D eigenvalue weighted by atomic mass is 10.1. The first-order chi connectivity index (χ1) is 16.8. The van der Waals surface area contributed by atoms with Gasteiger partial charge < -0.3 is 4.74 Å². The Hall–Kier alpha value is -3.01. The molecule has 10 heteroatoms. The smallest absolute Gasteiger partial charge is 0.420 e. The van der Waals surface area contributed by atoms with Gasteiger partial charge in [-0.1, -0.05) is 50.4 Å². The van der Waals surface area contributed by atoms with Gasteiger partial charge in [-0.3, -0.25) is 4.98 Å². The molecule has 0 saturated carbocycles. The van der Waals surface area contributed by atoms with Crippen LogP contribution in [-0.2, 0) is 6.18 Å². The summed E-state index contributed by atoms with van der Waals surface area (Å²) in [5.41, 5.74) is -0.303. The fraction of sp³-hybridized carbons (Fsp3) is 0.400. The maximum atomic E-state index is 14.7. The summed E-state index contributed by atoms with van der Waals surface area (Å²) in [5.74, 6) is -0.239. The van der Waals surface area contributed by atoms with Crippen LogP contribution < -0.4 is 9.75 Å². The van der Waals surface area contributed by atoms with Crippen LogP contribution in [0, 0.1) is 5.13 Å². The van der Waals surface area contributed by atoms with Crippen LogP contribution in [0.25, 0.3) is 11.3 Å². The van der Waals surface area contributed by atoms with Gasteiger partial charge in [0.25, 0.3) is 0 Å². The summed E-state index contributed by atoms with van der Waals surface area (Å²) in [5, 5.41) is 4.83. The summed E-state index contributed by atoms with van der Waals surface area (Å²) in [6.07, 6.45) is 5.83. The molecule has 0 aliphatic carbocycles. The first kappa shape index (κ1) is 26.6. The molecule has 0 amide bonds. The van der Waals surface area contributed by atoms with E-state index in [1.165, 1.54) is 29.6 Å². The van der Waals surface area contributed by atoms with E-state index in [0.717, 1.165) is 38.2 Å². The second-order valence-electron chi connectivity index (χ2n) is 7.84. The highest BCUT2D eigenvalue weighted by Crippen LogP contribution is 2.41. The Morgan fingerprint density at radius 3 is 2.57 bits per heavy atom. The average molecular weight is 509 g/mol. The summed E-state index contributed by atoms with van der Waals surface area (Å²) in [4.78, 5) is 8.25. The highest BCUT2D eigenvalue weighted by molar-refractivity contribution is 7.14. The van der Waals surface area contributed by atoms with Crippen LogP contribution in [0.2, 0.25) is 0 Å². The van der Waals surface area contributed by atoms with Crippen LogP contribution in [0.5, 0.6) is 5.75 Å². The van der Waals surface area contributed by atoms with Crippen molar-refractivity contribution >= 4 is 28.4 Å². The van der Waals surface area contributed by atoms with Gasteiger partial charge in [-0.05, 0) is 43.7 Å². The van der Waals surface area contributed by atoms with E-state index in [4.69, 9.17) is 4.74 Å². The number of hydrazone groups is 1. The lowest BCUT2D eigenvalue weighted by Gasteiger charge is -2.20. The third kappa shape index (κ3) is 7.24. The van der Waals surface area contributed by atoms with Crippen LogP contribution >= 0.6 is 11.3 Å². The van der Waals surface area contributed by atoms with E-state index in [1.54, 1.807) is 25.3 Å². The minimum Gasteiger partial charge on any atom is -0.493 e. The fourth-order valence-electron chi connectivity index (χ4n) is 3.47. The summed E-state index contributed by atoms with van der Waals surface area (Å²) in [6.45, 7) is 3.95. The number of thiazole rings is 1. The quantitative estimate of drug-likeness (QED) is 0.107. The number of halogens is 4. The van der Waals surface area contributed by atoms with E-state index in [0.29, 0.717) is 23.3 Å². The zero-order chi connectivity index (χ0) is 25.3. The molecule has 0 fully saturated rings. The van der Waals surface area contributed by atoms with Crippen LogP contribution in [0.1, 0.15) is 57.9 Å². The van der Waals surface area contributed by atoms with Crippen molar-refractivity contribution in [1.29, 1.82) is 0 Å². The van der Waals surface area contributed by atoms with E-state index < -0.39 is 16.9 Å². The standard InChI is InChI=1S/C25H28F4N4OS/c1-3-5-6-7-8-9-15-34-21-13-12-19(16-20(21)25(27,28)29)33(31-4-2)24-32-22(23(26)35-24)18-11-10-14-30-17-18/h4,10-14,16-17H,3,5-9,15H2,1-2H3. The van der Waals surface area contributed by atoms with Crippen molar-refractivity contribution in [3.63, 3.8) is 0 Å². The highest BCUT2D eigenvalue weighted by Gasteiger charge is 2.35. The Labute approximate surface area is 206 Å². The maximum Gasteiger partial charge on any atom is 0.420 e. The number of ether oxygens (including phenoxy) is 1. The summed E-state index contributed by atoms with van der Waals surface area (Å²) in [7, 11) is 0. The first-order valence-corrected chi connectivity index (χ1v) is 12.4. The molecule has 0 aliphatic heterocycles. The second-order valence-corrected chi connectivity index (χ2v) is 8.77. The lowest BCUT2D eigenvalue weighted by Crippen LogP contribution is -2.13. The van der Waals surface area contributed by atoms with Crippen molar-refractivity contribution in [2.75, 3.05) is 11.6 Å². The molecule has 188 valence electrons. The van der Waals surface area contributed by atoms with E-state index in [-0.39, 0.29) is 28.9 Å². The van der Waals surface area contributed by atoms with Gasteiger partial charge >= 0.3 is 6.18 Å². The number of aromatic nitrogens is 2. The highest BCUT2D eigenvalue weighted by atomic mass is 32.1. The van der Waals surface area contributed by atoms with Gasteiger partial charge in [0.1, 0.15) is 11.4 Å². The minimum atomic E-state index is -4.64. The molecule has 0 saturated heterocycles. The van der Waals surface area contributed by atoms with Crippen molar-refractivity contribution in [2.24, 2.45) is 5.10 Å².